The lowest BCUT2D eigenvalue weighted by molar-refractivity contribution is -0.123. The fourth-order valence-corrected chi connectivity index (χ4v) is 2.01. The number of alkyl halides is 2. The Morgan fingerprint density at radius 3 is 2.62 bits per heavy atom. The van der Waals surface area contributed by atoms with Crippen molar-refractivity contribution in [1.29, 1.82) is 0 Å². The third-order valence-electron chi connectivity index (χ3n) is 3.74. The Hall–Kier alpha value is -1.89. The fraction of sp³-hybridized carbons (Fsp3) is 0.588. The first kappa shape index (κ1) is 20.2. The highest BCUT2D eigenvalue weighted by Gasteiger charge is 2.20. The predicted octanol–water partition coefficient (Wildman–Crippen LogP) is 3.07. The Morgan fingerprint density at radius 2 is 2.04 bits per heavy atom. The molecule has 0 radical (unpaired) electrons. The number of carbonyl (C=O) groups is 1. The first-order valence-electron chi connectivity index (χ1n) is 8.12. The van der Waals surface area contributed by atoms with Crippen LogP contribution in [0.4, 0.5) is 8.78 Å². The van der Waals surface area contributed by atoms with Gasteiger partial charge in [0.05, 0.1) is 12.6 Å². The van der Waals surface area contributed by atoms with Crippen LogP contribution in [-0.4, -0.2) is 25.2 Å². The number of hydrogen-bond acceptors (Lipinski definition) is 4. The van der Waals surface area contributed by atoms with E-state index in [1.165, 1.54) is 6.07 Å². The van der Waals surface area contributed by atoms with Gasteiger partial charge in [-0.15, -0.1) is 0 Å². The molecule has 136 valence electrons. The summed E-state index contributed by atoms with van der Waals surface area (Å²) in [6.45, 7) is 3.36. The van der Waals surface area contributed by atoms with E-state index >= 15 is 0 Å². The molecular formula is C17H26F2N2O3. The zero-order valence-corrected chi connectivity index (χ0v) is 14.4. The molecule has 0 aliphatic rings. The summed E-state index contributed by atoms with van der Waals surface area (Å²) >= 11 is 0. The van der Waals surface area contributed by atoms with E-state index in [2.05, 4.69) is 10.1 Å². The number of benzene rings is 1. The molecule has 1 amide bonds. The monoisotopic (exact) mass is 344 g/mol. The van der Waals surface area contributed by atoms with Gasteiger partial charge in [-0.1, -0.05) is 27.2 Å². The topological polar surface area (TPSA) is 73.6 Å². The summed E-state index contributed by atoms with van der Waals surface area (Å²) in [6.07, 6.45) is 1.58. The number of ether oxygens (including phenoxy) is 2. The lowest BCUT2D eigenvalue weighted by Gasteiger charge is -2.19. The smallest absolute Gasteiger partial charge is 0.387 e. The first-order chi connectivity index (χ1) is 11.4. The Kier molecular flexibility index (Phi) is 8.46. The van der Waals surface area contributed by atoms with Crippen LogP contribution in [0.1, 0.15) is 39.2 Å². The third-order valence-corrected chi connectivity index (χ3v) is 3.74. The van der Waals surface area contributed by atoms with Gasteiger partial charge in [0, 0.05) is 18.2 Å². The molecule has 1 aromatic carbocycles. The van der Waals surface area contributed by atoms with Crippen LogP contribution in [0.5, 0.6) is 11.5 Å². The molecule has 2 unspecified atom stereocenters. The van der Waals surface area contributed by atoms with Crippen molar-refractivity contribution in [3.63, 3.8) is 0 Å². The highest BCUT2D eigenvalue weighted by atomic mass is 19.3. The predicted molar refractivity (Wildman–Crippen MR) is 88.1 cm³/mol. The average Bonchev–Trinajstić information content (AvgIpc) is 2.56. The summed E-state index contributed by atoms with van der Waals surface area (Å²) in [5.74, 6) is 0.139. The Morgan fingerprint density at radius 1 is 1.33 bits per heavy atom. The molecule has 1 rings (SSSR count). The molecule has 1 aromatic rings. The van der Waals surface area contributed by atoms with Gasteiger partial charge in [0.25, 0.3) is 0 Å². The van der Waals surface area contributed by atoms with Gasteiger partial charge in [0.2, 0.25) is 5.91 Å². The molecule has 0 aliphatic carbocycles. The van der Waals surface area contributed by atoms with Gasteiger partial charge in [-0.2, -0.15) is 8.78 Å². The van der Waals surface area contributed by atoms with Gasteiger partial charge in [0.1, 0.15) is 11.5 Å². The maximum atomic E-state index is 12.6. The van der Waals surface area contributed by atoms with Crippen molar-refractivity contribution in [1.82, 2.24) is 5.32 Å². The molecule has 24 heavy (non-hydrogen) atoms. The van der Waals surface area contributed by atoms with E-state index in [0.717, 1.165) is 12.8 Å². The molecule has 2 atom stereocenters. The molecule has 0 aromatic heterocycles. The SMILES string of the molecule is CCCOc1ccc(CNC(=O)C(N)C(C)CC)c(OC(F)F)c1. The van der Waals surface area contributed by atoms with Gasteiger partial charge in [-0.3, -0.25) is 4.79 Å². The van der Waals surface area contributed by atoms with Gasteiger partial charge in [-0.25, -0.2) is 0 Å². The normalized spacial score (nSPS) is 13.5. The molecule has 0 heterocycles. The number of carbonyl (C=O) groups excluding carboxylic acids is 1. The van der Waals surface area contributed by atoms with E-state index in [1.54, 1.807) is 12.1 Å². The van der Waals surface area contributed by atoms with Crippen molar-refractivity contribution in [2.75, 3.05) is 6.61 Å². The Labute approximate surface area is 141 Å². The van der Waals surface area contributed by atoms with Crippen molar-refractivity contribution in [3.05, 3.63) is 23.8 Å². The van der Waals surface area contributed by atoms with E-state index < -0.39 is 12.7 Å². The van der Waals surface area contributed by atoms with Crippen LogP contribution in [-0.2, 0) is 11.3 Å². The van der Waals surface area contributed by atoms with Crippen LogP contribution < -0.4 is 20.5 Å². The third kappa shape index (κ3) is 6.31. The largest absolute Gasteiger partial charge is 0.493 e. The van der Waals surface area contributed by atoms with Gasteiger partial charge >= 0.3 is 6.61 Å². The van der Waals surface area contributed by atoms with E-state index in [1.807, 2.05) is 20.8 Å². The second kappa shape index (κ2) is 10.1. The molecule has 3 N–H and O–H groups in total. The van der Waals surface area contributed by atoms with Gasteiger partial charge < -0.3 is 20.5 Å². The summed E-state index contributed by atoms with van der Waals surface area (Å²) in [6, 6.07) is 4.02. The van der Waals surface area contributed by atoms with Crippen LogP contribution in [0.25, 0.3) is 0 Å². The average molecular weight is 344 g/mol. The lowest BCUT2D eigenvalue weighted by Crippen LogP contribution is -2.44. The van der Waals surface area contributed by atoms with Crippen molar-refractivity contribution < 1.29 is 23.0 Å². The Balaban J connectivity index is 2.80. The van der Waals surface area contributed by atoms with Crippen molar-refractivity contribution in [2.24, 2.45) is 11.7 Å². The second-order valence-corrected chi connectivity index (χ2v) is 5.63. The highest BCUT2D eigenvalue weighted by Crippen LogP contribution is 2.26. The number of halogens is 2. The van der Waals surface area contributed by atoms with E-state index in [9.17, 15) is 13.6 Å². The highest BCUT2D eigenvalue weighted by molar-refractivity contribution is 5.81. The van der Waals surface area contributed by atoms with Crippen molar-refractivity contribution >= 4 is 5.91 Å². The van der Waals surface area contributed by atoms with Crippen molar-refractivity contribution in [2.45, 2.75) is 52.8 Å². The zero-order chi connectivity index (χ0) is 18.1. The summed E-state index contributed by atoms with van der Waals surface area (Å²) in [5.41, 5.74) is 6.28. The molecule has 0 aliphatic heterocycles. The zero-order valence-electron chi connectivity index (χ0n) is 14.4. The van der Waals surface area contributed by atoms with Gasteiger partial charge in [-0.05, 0) is 24.5 Å². The Bertz CT molecular complexity index is 527. The molecule has 0 saturated heterocycles. The van der Waals surface area contributed by atoms with Crippen LogP contribution >= 0.6 is 0 Å². The minimum Gasteiger partial charge on any atom is -0.493 e. The molecule has 0 saturated carbocycles. The quantitative estimate of drug-likeness (QED) is 0.684. The van der Waals surface area contributed by atoms with Crippen LogP contribution in [0.2, 0.25) is 0 Å². The summed E-state index contributed by atoms with van der Waals surface area (Å²) in [7, 11) is 0. The number of hydrogen-bond donors (Lipinski definition) is 2. The summed E-state index contributed by atoms with van der Waals surface area (Å²) in [4.78, 5) is 12.0. The number of amides is 1. The molecule has 0 spiro atoms. The standard InChI is InChI=1S/C17H26F2N2O3/c1-4-8-23-13-7-6-12(14(9-13)24-17(18)19)10-21-16(22)15(20)11(3)5-2/h6-7,9,11,15,17H,4-5,8,10,20H2,1-3H3,(H,21,22). The molecule has 5 nitrogen and oxygen atoms in total. The van der Waals surface area contributed by atoms with Gasteiger partial charge in [0.15, 0.2) is 0 Å². The number of nitrogens with one attached hydrogen (secondary N) is 1. The summed E-state index contributed by atoms with van der Waals surface area (Å²) < 4.78 is 35.1. The van der Waals surface area contributed by atoms with E-state index in [4.69, 9.17) is 10.5 Å². The molecule has 7 heteroatoms. The summed E-state index contributed by atoms with van der Waals surface area (Å²) in [5, 5.41) is 2.66. The number of nitrogens with two attached hydrogens (primary N) is 1. The molecule has 0 bridgehead atoms. The van der Waals surface area contributed by atoms with Crippen LogP contribution in [0.15, 0.2) is 18.2 Å². The minimum atomic E-state index is -2.96. The minimum absolute atomic E-state index is 0.0176. The van der Waals surface area contributed by atoms with Crippen LogP contribution in [0, 0.1) is 5.92 Å². The van der Waals surface area contributed by atoms with E-state index in [0.29, 0.717) is 17.9 Å². The maximum Gasteiger partial charge on any atom is 0.387 e. The first-order valence-corrected chi connectivity index (χ1v) is 8.12. The maximum absolute atomic E-state index is 12.6. The lowest BCUT2D eigenvalue weighted by atomic mass is 9.99. The fourth-order valence-electron chi connectivity index (χ4n) is 2.01. The second-order valence-electron chi connectivity index (χ2n) is 5.63. The van der Waals surface area contributed by atoms with E-state index in [-0.39, 0.29) is 24.1 Å². The number of rotatable bonds is 10. The molecule has 0 fully saturated rings. The van der Waals surface area contributed by atoms with Crippen LogP contribution in [0.3, 0.4) is 0 Å². The molecular weight excluding hydrogens is 318 g/mol. The van der Waals surface area contributed by atoms with Crippen molar-refractivity contribution in [3.8, 4) is 11.5 Å².